The fourth-order valence-electron chi connectivity index (χ4n) is 3.85. The van der Waals surface area contributed by atoms with Crippen molar-refractivity contribution in [3.8, 4) is 17.4 Å². The van der Waals surface area contributed by atoms with Gasteiger partial charge in [-0.3, -0.25) is 9.88 Å². The van der Waals surface area contributed by atoms with Crippen molar-refractivity contribution in [1.29, 1.82) is 0 Å². The summed E-state index contributed by atoms with van der Waals surface area (Å²) < 4.78 is 21.9. The third kappa shape index (κ3) is 4.56. The van der Waals surface area contributed by atoms with Crippen LogP contribution in [0.25, 0.3) is 11.0 Å². The van der Waals surface area contributed by atoms with E-state index in [1.165, 1.54) is 0 Å². The van der Waals surface area contributed by atoms with Gasteiger partial charge in [-0.1, -0.05) is 0 Å². The lowest BCUT2D eigenvalue weighted by atomic mass is 10.2. The van der Waals surface area contributed by atoms with E-state index >= 15 is 0 Å². The number of cyclic esters (lactones) is 1. The Hall–Kier alpha value is -3.79. The Bertz CT molecular complexity index is 1160. The zero-order valence-corrected chi connectivity index (χ0v) is 18.2. The van der Waals surface area contributed by atoms with Gasteiger partial charge in [0.05, 0.1) is 30.5 Å². The number of benzene rings is 1. The van der Waals surface area contributed by atoms with Crippen LogP contribution < -0.4 is 29.7 Å². The van der Waals surface area contributed by atoms with Crippen molar-refractivity contribution >= 4 is 28.5 Å². The highest BCUT2D eigenvalue weighted by Gasteiger charge is 2.32. The van der Waals surface area contributed by atoms with Gasteiger partial charge >= 0.3 is 6.09 Å². The summed E-state index contributed by atoms with van der Waals surface area (Å²) in [6.45, 7) is 3.41. The highest BCUT2D eigenvalue weighted by atomic mass is 16.6. The quantitative estimate of drug-likeness (QED) is 0.499. The van der Waals surface area contributed by atoms with E-state index < -0.39 is 0 Å². The number of fused-ring (bicyclic) bond motifs is 2. The number of carbonyl (C=O) groups is 1. The number of amides is 1. The summed E-state index contributed by atoms with van der Waals surface area (Å²) in [4.78, 5) is 22.8. The summed E-state index contributed by atoms with van der Waals surface area (Å²) in [5.74, 6) is 1.89. The number of rotatable bonds is 8. The van der Waals surface area contributed by atoms with E-state index in [2.05, 4.69) is 20.6 Å². The number of ether oxygens (including phenoxy) is 4. The van der Waals surface area contributed by atoms with Gasteiger partial charge < -0.3 is 29.6 Å². The van der Waals surface area contributed by atoms with Gasteiger partial charge in [-0.25, -0.2) is 9.78 Å². The molecule has 172 valence electrons. The van der Waals surface area contributed by atoms with Crippen LogP contribution in [0.2, 0.25) is 0 Å². The zero-order valence-electron chi connectivity index (χ0n) is 18.2. The van der Waals surface area contributed by atoms with Crippen molar-refractivity contribution in [2.75, 3.05) is 56.7 Å². The predicted octanol–water partition coefficient (Wildman–Crippen LogP) is 2.44. The van der Waals surface area contributed by atoms with E-state index in [1.807, 2.05) is 30.3 Å². The molecular weight excluding hydrogens is 426 g/mol. The first-order valence-corrected chi connectivity index (χ1v) is 10.8. The second kappa shape index (κ2) is 9.37. The minimum Gasteiger partial charge on any atom is -0.486 e. The van der Waals surface area contributed by atoms with Gasteiger partial charge in [0.1, 0.15) is 24.8 Å². The monoisotopic (exact) mass is 451 g/mol. The number of aromatic nitrogens is 2. The molecule has 1 fully saturated rings. The Morgan fingerprint density at radius 3 is 2.88 bits per heavy atom. The van der Waals surface area contributed by atoms with Crippen LogP contribution in [-0.2, 0) is 4.74 Å². The fourth-order valence-corrected chi connectivity index (χ4v) is 3.85. The molecule has 1 amide bonds. The maximum atomic E-state index is 12.4. The lowest BCUT2D eigenvalue weighted by Gasteiger charge is -2.21. The van der Waals surface area contributed by atoms with Crippen LogP contribution in [0.5, 0.6) is 17.4 Å². The number of methoxy groups -OCH3 is 1. The smallest absolute Gasteiger partial charge is 0.414 e. The molecule has 1 aromatic carbocycles. The molecule has 0 bridgehead atoms. The standard InChI is InChI=1S/C23H25N5O5/c1-30-21-5-3-17-22(27-21)18(6-7-25-17)26-9-8-24-13-16-14-28(23(29)33-16)15-2-4-19-20(12-15)32-11-10-31-19/h2-7,12,16,24H,8-11,13-14H2,1H3,(H,25,26). The van der Waals surface area contributed by atoms with Gasteiger partial charge in [0.15, 0.2) is 11.5 Å². The molecule has 0 radical (unpaired) electrons. The molecule has 0 saturated carbocycles. The van der Waals surface area contributed by atoms with Crippen molar-refractivity contribution in [2.24, 2.45) is 0 Å². The molecular formula is C23H25N5O5. The Labute approximate surface area is 190 Å². The lowest BCUT2D eigenvalue weighted by Crippen LogP contribution is -2.33. The van der Waals surface area contributed by atoms with Crippen molar-refractivity contribution < 1.29 is 23.7 Å². The van der Waals surface area contributed by atoms with Crippen LogP contribution in [0, 0.1) is 0 Å². The van der Waals surface area contributed by atoms with Crippen LogP contribution in [0.3, 0.4) is 0 Å². The van der Waals surface area contributed by atoms with Gasteiger partial charge in [0.25, 0.3) is 0 Å². The number of hydrogen-bond donors (Lipinski definition) is 2. The normalized spacial score (nSPS) is 17.2. The number of hydrogen-bond acceptors (Lipinski definition) is 9. The van der Waals surface area contributed by atoms with E-state index in [0.29, 0.717) is 56.8 Å². The summed E-state index contributed by atoms with van der Waals surface area (Å²) >= 11 is 0. The molecule has 0 spiro atoms. The molecule has 3 aromatic rings. The van der Waals surface area contributed by atoms with Gasteiger partial charge in [0, 0.05) is 38.0 Å². The molecule has 10 heteroatoms. The highest BCUT2D eigenvalue weighted by molar-refractivity contribution is 5.90. The molecule has 10 nitrogen and oxygen atoms in total. The number of carbonyl (C=O) groups excluding carboxylic acids is 1. The molecule has 5 rings (SSSR count). The van der Waals surface area contributed by atoms with E-state index in [4.69, 9.17) is 18.9 Å². The van der Waals surface area contributed by atoms with E-state index in [1.54, 1.807) is 24.3 Å². The zero-order chi connectivity index (χ0) is 22.6. The fraction of sp³-hybridized carbons (Fsp3) is 0.348. The molecule has 1 unspecified atom stereocenters. The molecule has 1 atom stereocenters. The van der Waals surface area contributed by atoms with Gasteiger partial charge in [-0.2, -0.15) is 0 Å². The minimum absolute atomic E-state index is 0.238. The Balaban J connectivity index is 1.11. The number of nitrogens with one attached hydrogen (secondary N) is 2. The maximum absolute atomic E-state index is 12.4. The first-order valence-electron chi connectivity index (χ1n) is 10.8. The third-order valence-electron chi connectivity index (χ3n) is 5.47. The van der Waals surface area contributed by atoms with E-state index in [9.17, 15) is 4.79 Å². The Kier molecular flexibility index (Phi) is 5.99. The molecule has 2 N–H and O–H groups in total. The molecule has 0 aliphatic carbocycles. The van der Waals surface area contributed by atoms with Crippen LogP contribution in [0.1, 0.15) is 0 Å². The first-order chi connectivity index (χ1) is 16.2. The van der Waals surface area contributed by atoms with Crippen molar-refractivity contribution in [3.63, 3.8) is 0 Å². The maximum Gasteiger partial charge on any atom is 0.414 e. The van der Waals surface area contributed by atoms with Gasteiger partial charge in [-0.15, -0.1) is 0 Å². The highest BCUT2D eigenvalue weighted by Crippen LogP contribution is 2.35. The SMILES string of the molecule is COc1ccc2nccc(NCCNCC3CN(c4ccc5c(c4)OCCO5)C(=O)O3)c2n1. The molecule has 4 heterocycles. The summed E-state index contributed by atoms with van der Waals surface area (Å²) in [7, 11) is 1.59. The van der Waals surface area contributed by atoms with Crippen LogP contribution in [0.4, 0.5) is 16.2 Å². The summed E-state index contributed by atoms with van der Waals surface area (Å²) in [6.07, 6.45) is 1.15. The van der Waals surface area contributed by atoms with Crippen LogP contribution in [0.15, 0.2) is 42.6 Å². The molecule has 33 heavy (non-hydrogen) atoms. The lowest BCUT2D eigenvalue weighted by molar-refractivity contribution is 0.140. The van der Waals surface area contributed by atoms with Crippen molar-refractivity contribution in [3.05, 3.63) is 42.6 Å². The largest absolute Gasteiger partial charge is 0.486 e. The number of pyridine rings is 2. The second-order valence-corrected chi connectivity index (χ2v) is 7.66. The predicted molar refractivity (Wildman–Crippen MR) is 122 cm³/mol. The third-order valence-corrected chi connectivity index (χ3v) is 5.47. The van der Waals surface area contributed by atoms with E-state index in [0.717, 1.165) is 22.4 Å². The Morgan fingerprint density at radius 1 is 1.12 bits per heavy atom. The average Bonchev–Trinajstić information content (AvgIpc) is 3.23. The molecule has 2 aliphatic heterocycles. The molecule has 2 aromatic heterocycles. The summed E-state index contributed by atoms with van der Waals surface area (Å²) in [6, 6.07) is 11.0. The van der Waals surface area contributed by atoms with Crippen LogP contribution in [-0.4, -0.2) is 68.7 Å². The number of anilines is 2. The van der Waals surface area contributed by atoms with Gasteiger partial charge in [-0.05, 0) is 24.3 Å². The van der Waals surface area contributed by atoms with Crippen molar-refractivity contribution in [2.45, 2.75) is 6.10 Å². The van der Waals surface area contributed by atoms with Crippen molar-refractivity contribution in [1.82, 2.24) is 15.3 Å². The Morgan fingerprint density at radius 2 is 2.00 bits per heavy atom. The summed E-state index contributed by atoms with van der Waals surface area (Å²) in [5.41, 5.74) is 3.18. The first kappa shape index (κ1) is 21.1. The van der Waals surface area contributed by atoms with Crippen LogP contribution >= 0.6 is 0 Å². The molecule has 1 saturated heterocycles. The van der Waals surface area contributed by atoms with E-state index in [-0.39, 0.29) is 12.2 Å². The topological polar surface area (TPSA) is 107 Å². The average molecular weight is 451 g/mol. The number of nitrogens with zero attached hydrogens (tertiary/aromatic N) is 3. The second-order valence-electron chi connectivity index (χ2n) is 7.66. The molecule has 2 aliphatic rings. The minimum atomic E-state index is -0.361. The van der Waals surface area contributed by atoms with Gasteiger partial charge in [0.2, 0.25) is 5.88 Å². The summed E-state index contributed by atoms with van der Waals surface area (Å²) in [5, 5.41) is 6.71.